The lowest BCUT2D eigenvalue weighted by Gasteiger charge is -2.11. The lowest BCUT2D eigenvalue weighted by atomic mass is 10.2. The topological polar surface area (TPSA) is 47.6 Å². The first-order chi connectivity index (χ1) is 13.1. The zero-order chi connectivity index (χ0) is 19.5. The second kappa shape index (κ2) is 11.7. The van der Waals surface area contributed by atoms with Gasteiger partial charge >= 0.3 is 0 Å². The molecule has 0 atom stereocenters. The number of rotatable bonds is 11. The first-order valence-electron chi connectivity index (χ1n) is 9.60. The van der Waals surface area contributed by atoms with Crippen LogP contribution in [0.4, 0.5) is 5.69 Å². The van der Waals surface area contributed by atoms with Crippen molar-refractivity contribution in [3.8, 4) is 11.5 Å². The predicted octanol–water partition coefficient (Wildman–Crippen LogP) is 6.45. The average Bonchev–Trinajstić information content (AvgIpc) is 2.68. The van der Waals surface area contributed by atoms with E-state index in [1.54, 1.807) is 12.1 Å². The first kappa shape index (κ1) is 21.3. The summed E-state index contributed by atoms with van der Waals surface area (Å²) in [5.74, 6) is 1.41. The maximum Gasteiger partial charge on any atom is 0.255 e. The van der Waals surface area contributed by atoms with E-state index in [4.69, 9.17) is 9.47 Å². The van der Waals surface area contributed by atoms with E-state index in [0.29, 0.717) is 18.8 Å². The van der Waals surface area contributed by atoms with Crippen LogP contribution in [0.1, 0.15) is 56.3 Å². The molecule has 0 saturated carbocycles. The Morgan fingerprint density at radius 3 is 2.37 bits per heavy atom. The summed E-state index contributed by atoms with van der Waals surface area (Å²) in [6.45, 7) is 5.63. The van der Waals surface area contributed by atoms with Crippen LogP contribution in [0.2, 0.25) is 0 Å². The third-order valence-corrected chi connectivity index (χ3v) is 4.65. The fourth-order valence-electron chi connectivity index (χ4n) is 2.53. The summed E-state index contributed by atoms with van der Waals surface area (Å²) in [5, 5.41) is 2.90. The lowest BCUT2D eigenvalue weighted by molar-refractivity contribution is 0.102. The molecule has 0 bridgehead atoms. The van der Waals surface area contributed by atoms with Crippen LogP contribution < -0.4 is 14.8 Å². The Kier molecular flexibility index (Phi) is 9.19. The van der Waals surface area contributed by atoms with Crippen LogP contribution in [0.15, 0.2) is 46.9 Å². The standard InChI is InChI=1S/C22H28BrNO3/c1-3-5-6-7-15-27-21-13-8-17(16-20(21)23)22(25)24-18-9-11-19(12-10-18)26-14-4-2/h8-13,16H,3-7,14-15H2,1-2H3,(H,24,25). The third kappa shape index (κ3) is 7.25. The number of anilines is 1. The largest absolute Gasteiger partial charge is 0.494 e. The van der Waals surface area contributed by atoms with Gasteiger partial charge in [-0.15, -0.1) is 0 Å². The zero-order valence-electron chi connectivity index (χ0n) is 16.1. The fraction of sp³-hybridized carbons (Fsp3) is 0.409. The van der Waals surface area contributed by atoms with Gasteiger partial charge in [-0.25, -0.2) is 0 Å². The van der Waals surface area contributed by atoms with Crippen molar-refractivity contribution < 1.29 is 14.3 Å². The number of hydrogen-bond acceptors (Lipinski definition) is 3. The van der Waals surface area contributed by atoms with Gasteiger partial charge in [0.15, 0.2) is 0 Å². The maximum absolute atomic E-state index is 12.5. The van der Waals surface area contributed by atoms with E-state index in [1.165, 1.54) is 19.3 Å². The Balaban J connectivity index is 1.89. The zero-order valence-corrected chi connectivity index (χ0v) is 17.7. The van der Waals surface area contributed by atoms with E-state index in [2.05, 4.69) is 35.1 Å². The monoisotopic (exact) mass is 433 g/mol. The molecule has 1 N–H and O–H groups in total. The Morgan fingerprint density at radius 2 is 1.70 bits per heavy atom. The molecular weight excluding hydrogens is 406 g/mol. The first-order valence-corrected chi connectivity index (χ1v) is 10.4. The van der Waals surface area contributed by atoms with Crippen molar-refractivity contribution in [1.82, 2.24) is 0 Å². The molecule has 0 aliphatic rings. The quantitative estimate of drug-likeness (QED) is 0.414. The lowest BCUT2D eigenvalue weighted by Crippen LogP contribution is -2.12. The minimum absolute atomic E-state index is 0.160. The Hall–Kier alpha value is -2.01. The van der Waals surface area contributed by atoms with Gasteiger partial charge < -0.3 is 14.8 Å². The van der Waals surface area contributed by atoms with Gasteiger partial charge in [-0.2, -0.15) is 0 Å². The van der Waals surface area contributed by atoms with E-state index >= 15 is 0 Å². The molecule has 2 rings (SSSR count). The van der Waals surface area contributed by atoms with E-state index in [-0.39, 0.29) is 5.91 Å². The number of benzene rings is 2. The molecule has 0 aromatic heterocycles. The van der Waals surface area contributed by atoms with Crippen molar-refractivity contribution in [3.05, 3.63) is 52.5 Å². The number of carbonyl (C=O) groups is 1. The van der Waals surface area contributed by atoms with E-state index in [0.717, 1.165) is 34.5 Å². The highest BCUT2D eigenvalue weighted by molar-refractivity contribution is 9.10. The minimum Gasteiger partial charge on any atom is -0.494 e. The molecule has 0 heterocycles. The highest BCUT2D eigenvalue weighted by atomic mass is 79.9. The molecule has 1 amide bonds. The number of hydrogen-bond donors (Lipinski definition) is 1. The van der Waals surface area contributed by atoms with Gasteiger partial charge in [-0.3, -0.25) is 4.79 Å². The van der Waals surface area contributed by atoms with Crippen molar-refractivity contribution >= 4 is 27.5 Å². The maximum atomic E-state index is 12.5. The number of halogens is 1. The van der Waals surface area contributed by atoms with E-state index in [9.17, 15) is 4.79 Å². The van der Waals surface area contributed by atoms with Crippen molar-refractivity contribution in [2.45, 2.75) is 46.0 Å². The summed E-state index contributed by atoms with van der Waals surface area (Å²) >= 11 is 3.50. The number of amides is 1. The van der Waals surface area contributed by atoms with E-state index < -0.39 is 0 Å². The van der Waals surface area contributed by atoms with Crippen LogP contribution in [-0.4, -0.2) is 19.1 Å². The normalized spacial score (nSPS) is 10.5. The minimum atomic E-state index is -0.160. The molecule has 5 heteroatoms. The van der Waals surface area contributed by atoms with Gasteiger partial charge in [0.25, 0.3) is 5.91 Å². The molecule has 0 saturated heterocycles. The van der Waals surface area contributed by atoms with E-state index in [1.807, 2.05) is 30.3 Å². The van der Waals surface area contributed by atoms with Crippen LogP contribution in [-0.2, 0) is 0 Å². The van der Waals surface area contributed by atoms with Crippen LogP contribution in [0, 0.1) is 0 Å². The molecule has 0 fully saturated rings. The third-order valence-electron chi connectivity index (χ3n) is 4.03. The molecule has 0 aliphatic carbocycles. The highest BCUT2D eigenvalue weighted by Crippen LogP contribution is 2.27. The predicted molar refractivity (Wildman–Crippen MR) is 114 cm³/mol. The van der Waals surface area contributed by atoms with Gasteiger partial charge in [-0.05, 0) is 71.2 Å². The molecule has 0 aliphatic heterocycles. The van der Waals surface area contributed by atoms with Crippen LogP contribution in [0.3, 0.4) is 0 Å². The Bertz CT molecular complexity index is 716. The second-order valence-electron chi connectivity index (χ2n) is 6.38. The van der Waals surface area contributed by atoms with Crippen molar-refractivity contribution in [2.75, 3.05) is 18.5 Å². The summed E-state index contributed by atoms with van der Waals surface area (Å²) in [6.07, 6.45) is 5.63. The summed E-state index contributed by atoms with van der Waals surface area (Å²) in [5.41, 5.74) is 1.31. The van der Waals surface area contributed by atoms with Gasteiger partial charge in [0.05, 0.1) is 17.7 Å². The highest BCUT2D eigenvalue weighted by Gasteiger charge is 2.10. The molecule has 0 unspecified atom stereocenters. The van der Waals surface area contributed by atoms with Crippen molar-refractivity contribution in [1.29, 1.82) is 0 Å². The molecule has 2 aromatic carbocycles. The summed E-state index contributed by atoms with van der Waals surface area (Å²) in [7, 11) is 0. The summed E-state index contributed by atoms with van der Waals surface area (Å²) < 4.78 is 12.1. The number of unbranched alkanes of at least 4 members (excludes halogenated alkanes) is 3. The second-order valence-corrected chi connectivity index (χ2v) is 7.24. The van der Waals surface area contributed by atoms with Crippen LogP contribution >= 0.6 is 15.9 Å². The molecule has 146 valence electrons. The molecule has 4 nitrogen and oxygen atoms in total. The molecular formula is C22H28BrNO3. The SMILES string of the molecule is CCCCCCOc1ccc(C(=O)Nc2ccc(OCCC)cc2)cc1Br. The molecule has 27 heavy (non-hydrogen) atoms. The van der Waals surface area contributed by atoms with Gasteiger partial charge in [0.1, 0.15) is 11.5 Å². The van der Waals surface area contributed by atoms with Crippen molar-refractivity contribution in [3.63, 3.8) is 0 Å². The van der Waals surface area contributed by atoms with Gasteiger partial charge in [-0.1, -0.05) is 33.1 Å². The number of ether oxygens (including phenoxy) is 2. The molecule has 0 spiro atoms. The average molecular weight is 434 g/mol. The fourth-order valence-corrected chi connectivity index (χ4v) is 3.02. The summed E-state index contributed by atoms with van der Waals surface area (Å²) in [4.78, 5) is 12.5. The van der Waals surface area contributed by atoms with Gasteiger partial charge in [0.2, 0.25) is 0 Å². The van der Waals surface area contributed by atoms with Gasteiger partial charge in [0, 0.05) is 11.3 Å². The van der Waals surface area contributed by atoms with Crippen LogP contribution in [0.5, 0.6) is 11.5 Å². The molecule has 0 radical (unpaired) electrons. The van der Waals surface area contributed by atoms with Crippen LogP contribution in [0.25, 0.3) is 0 Å². The van der Waals surface area contributed by atoms with Crippen molar-refractivity contribution in [2.24, 2.45) is 0 Å². The number of nitrogens with one attached hydrogen (secondary N) is 1. The smallest absolute Gasteiger partial charge is 0.255 e. The Labute approximate surface area is 170 Å². The number of carbonyl (C=O) groups excluding carboxylic acids is 1. The molecule has 2 aromatic rings. The summed E-state index contributed by atoms with van der Waals surface area (Å²) in [6, 6.07) is 12.8. The Morgan fingerprint density at radius 1 is 0.926 bits per heavy atom.